The van der Waals surface area contributed by atoms with Gasteiger partial charge in [-0.25, -0.2) is 4.79 Å². The van der Waals surface area contributed by atoms with Crippen LogP contribution >= 0.6 is 0 Å². The first kappa shape index (κ1) is 21.0. The molecule has 0 saturated heterocycles. The van der Waals surface area contributed by atoms with E-state index in [0.29, 0.717) is 30.0 Å². The fraction of sp³-hybridized carbons (Fsp3) is 0.208. The first-order valence-electron chi connectivity index (χ1n) is 9.73. The van der Waals surface area contributed by atoms with Crippen molar-refractivity contribution in [3.63, 3.8) is 0 Å². The van der Waals surface area contributed by atoms with Gasteiger partial charge in [-0.05, 0) is 43.7 Å². The number of ketones is 1. The van der Waals surface area contributed by atoms with Crippen molar-refractivity contribution in [1.29, 1.82) is 0 Å². The van der Waals surface area contributed by atoms with Gasteiger partial charge < -0.3 is 9.47 Å². The van der Waals surface area contributed by atoms with Crippen LogP contribution in [0.5, 0.6) is 5.75 Å². The second-order valence-electron chi connectivity index (χ2n) is 6.71. The van der Waals surface area contributed by atoms with Crippen molar-refractivity contribution in [2.24, 2.45) is 0 Å². The molecule has 0 saturated carbocycles. The number of esters is 1. The Morgan fingerprint density at radius 3 is 2.67 bits per heavy atom. The molecule has 0 aliphatic heterocycles. The summed E-state index contributed by atoms with van der Waals surface area (Å²) in [4.78, 5) is 23.7. The van der Waals surface area contributed by atoms with Crippen LogP contribution in [0.3, 0.4) is 0 Å². The third-order valence-electron chi connectivity index (χ3n) is 4.39. The number of hydrogen-bond acceptors (Lipinski definition) is 5. The van der Waals surface area contributed by atoms with Gasteiger partial charge in [0.25, 0.3) is 0 Å². The molecule has 0 fully saturated rings. The van der Waals surface area contributed by atoms with E-state index >= 15 is 0 Å². The molecule has 6 nitrogen and oxygen atoms in total. The summed E-state index contributed by atoms with van der Waals surface area (Å²) in [6.07, 6.45) is 6.57. The van der Waals surface area contributed by atoms with E-state index in [-0.39, 0.29) is 12.4 Å². The SMILES string of the molecule is CCOc1ccc(C(C)=O)cc1COC(=O)/C=C/c1cnn(Cc2ccccc2)c1. The van der Waals surface area contributed by atoms with Crippen molar-refractivity contribution in [3.05, 3.63) is 89.3 Å². The summed E-state index contributed by atoms with van der Waals surface area (Å²) >= 11 is 0. The number of Topliss-reactive ketones (excluding diaryl/α,β-unsaturated/α-hetero) is 1. The minimum atomic E-state index is -0.485. The summed E-state index contributed by atoms with van der Waals surface area (Å²) in [6, 6.07) is 15.1. The lowest BCUT2D eigenvalue weighted by atomic mass is 10.1. The number of nitrogens with zero attached hydrogens (tertiary/aromatic N) is 2. The second kappa shape index (κ2) is 10.2. The van der Waals surface area contributed by atoms with E-state index in [0.717, 1.165) is 11.1 Å². The third kappa shape index (κ3) is 5.91. The molecule has 30 heavy (non-hydrogen) atoms. The summed E-state index contributed by atoms with van der Waals surface area (Å²) in [5.74, 6) is 0.0565. The number of carbonyl (C=O) groups is 2. The van der Waals surface area contributed by atoms with Gasteiger partial charge in [0.2, 0.25) is 0 Å². The molecule has 0 atom stereocenters. The van der Waals surface area contributed by atoms with E-state index in [9.17, 15) is 9.59 Å². The number of carbonyl (C=O) groups excluding carboxylic acids is 2. The Balaban J connectivity index is 1.59. The maximum atomic E-state index is 12.1. The normalized spacial score (nSPS) is 10.9. The molecule has 0 amide bonds. The van der Waals surface area contributed by atoms with Gasteiger partial charge in [-0.15, -0.1) is 0 Å². The van der Waals surface area contributed by atoms with Crippen LogP contribution in [0.15, 0.2) is 67.0 Å². The van der Waals surface area contributed by atoms with Crippen LogP contribution in [0.1, 0.15) is 40.9 Å². The molecule has 0 bridgehead atoms. The van der Waals surface area contributed by atoms with Crippen LogP contribution in [0.2, 0.25) is 0 Å². The Kier molecular flexibility index (Phi) is 7.16. The molecular weight excluding hydrogens is 380 g/mol. The molecule has 0 N–H and O–H groups in total. The highest BCUT2D eigenvalue weighted by Gasteiger charge is 2.10. The lowest BCUT2D eigenvalue weighted by Gasteiger charge is -2.11. The highest BCUT2D eigenvalue weighted by Crippen LogP contribution is 2.22. The molecule has 2 aromatic carbocycles. The average Bonchev–Trinajstić information content (AvgIpc) is 3.19. The quantitative estimate of drug-likeness (QED) is 0.302. The van der Waals surface area contributed by atoms with Crippen LogP contribution in [0.4, 0.5) is 0 Å². The molecule has 0 spiro atoms. The van der Waals surface area contributed by atoms with Gasteiger partial charge in [0.1, 0.15) is 12.4 Å². The van der Waals surface area contributed by atoms with Gasteiger partial charge in [0.05, 0.1) is 19.3 Å². The summed E-state index contributed by atoms with van der Waals surface area (Å²) < 4.78 is 12.7. The van der Waals surface area contributed by atoms with E-state index < -0.39 is 5.97 Å². The van der Waals surface area contributed by atoms with Crippen LogP contribution in [-0.4, -0.2) is 28.1 Å². The fourth-order valence-corrected chi connectivity index (χ4v) is 2.89. The highest BCUT2D eigenvalue weighted by atomic mass is 16.5. The Morgan fingerprint density at radius 2 is 1.93 bits per heavy atom. The highest BCUT2D eigenvalue weighted by molar-refractivity contribution is 5.94. The predicted octanol–water partition coefficient (Wildman–Crippen LogP) is 4.29. The Bertz CT molecular complexity index is 1040. The Labute approximate surface area is 175 Å². The maximum Gasteiger partial charge on any atom is 0.331 e. The average molecular weight is 404 g/mol. The lowest BCUT2D eigenvalue weighted by Crippen LogP contribution is -2.05. The molecule has 3 rings (SSSR count). The molecule has 1 aromatic heterocycles. The number of aromatic nitrogens is 2. The first-order chi connectivity index (χ1) is 14.5. The largest absolute Gasteiger partial charge is 0.493 e. The lowest BCUT2D eigenvalue weighted by molar-refractivity contribution is -0.138. The fourth-order valence-electron chi connectivity index (χ4n) is 2.89. The second-order valence-corrected chi connectivity index (χ2v) is 6.71. The molecule has 3 aromatic rings. The van der Waals surface area contributed by atoms with E-state index in [4.69, 9.17) is 9.47 Å². The maximum absolute atomic E-state index is 12.1. The number of hydrogen-bond donors (Lipinski definition) is 0. The zero-order valence-corrected chi connectivity index (χ0v) is 17.1. The van der Waals surface area contributed by atoms with Gasteiger partial charge in [0.15, 0.2) is 5.78 Å². The van der Waals surface area contributed by atoms with Gasteiger partial charge in [-0.1, -0.05) is 30.3 Å². The summed E-state index contributed by atoms with van der Waals surface area (Å²) in [5.41, 5.74) is 3.15. The Hall–Kier alpha value is -3.67. The van der Waals surface area contributed by atoms with Crippen LogP contribution < -0.4 is 4.74 Å². The van der Waals surface area contributed by atoms with Crippen molar-refractivity contribution in [3.8, 4) is 5.75 Å². The Morgan fingerprint density at radius 1 is 1.13 bits per heavy atom. The molecule has 0 unspecified atom stereocenters. The monoisotopic (exact) mass is 404 g/mol. The molecule has 0 aliphatic carbocycles. The predicted molar refractivity (Wildman–Crippen MR) is 114 cm³/mol. The topological polar surface area (TPSA) is 70.4 Å². The summed E-state index contributed by atoms with van der Waals surface area (Å²) in [7, 11) is 0. The third-order valence-corrected chi connectivity index (χ3v) is 4.39. The summed E-state index contributed by atoms with van der Waals surface area (Å²) in [6.45, 7) is 4.52. The molecular formula is C24H24N2O4. The van der Waals surface area contributed by atoms with Gasteiger partial charge in [-0.3, -0.25) is 9.48 Å². The van der Waals surface area contributed by atoms with Crippen molar-refractivity contribution in [2.75, 3.05) is 6.61 Å². The minimum Gasteiger partial charge on any atom is -0.493 e. The molecule has 1 heterocycles. The zero-order chi connectivity index (χ0) is 21.3. The molecule has 0 aliphatic rings. The zero-order valence-electron chi connectivity index (χ0n) is 17.1. The van der Waals surface area contributed by atoms with E-state index in [1.54, 1.807) is 30.5 Å². The number of rotatable bonds is 9. The van der Waals surface area contributed by atoms with Crippen LogP contribution in [0.25, 0.3) is 6.08 Å². The van der Waals surface area contributed by atoms with E-state index in [1.807, 2.05) is 48.1 Å². The van der Waals surface area contributed by atoms with Crippen molar-refractivity contribution < 1.29 is 19.1 Å². The molecule has 6 heteroatoms. The van der Waals surface area contributed by atoms with Crippen molar-refractivity contribution in [2.45, 2.75) is 27.0 Å². The summed E-state index contributed by atoms with van der Waals surface area (Å²) in [5, 5.41) is 4.31. The smallest absolute Gasteiger partial charge is 0.331 e. The van der Waals surface area contributed by atoms with Crippen molar-refractivity contribution in [1.82, 2.24) is 9.78 Å². The van der Waals surface area contributed by atoms with Crippen molar-refractivity contribution >= 4 is 17.8 Å². The standard InChI is InChI=1S/C24H24N2O4/c1-3-29-23-11-10-21(18(2)27)13-22(23)17-30-24(28)12-9-20-14-25-26(16-20)15-19-7-5-4-6-8-19/h4-14,16H,3,15,17H2,1-2H3/b12-9+. The van der Waals surface area contributed by atoms with E-state index in [2.05, 4.69) is 5.10 Å². The number of benzene rings is 2. The first-order valence-corrected chi connectivity index (χ1v) is 9.73. The van der Waals surface area contributed by atoms with Crippen LogP contribution in [0, 0.1) is 0 Å². The van der Waals surface area contributed by atoms with Gasteiger partial charge >= 0.3 is 5.97 Å². The number of ether oxygens (including phenoxy) is 2. The van der Waals surface area contributed by atoms with Crippen LogP contribution in [-0.2, 0) is 22.7 Å². The molecule has 0 radical (unpaired) electrons. The van der Waals surface area contributed by atoms with Gasteiger partial charge in [0, 0.05) is 29.0 Å². The van der Waals surface area contributed by atoms with Gasteiger partial charge in [-0.2, -0.15) is 5.10 Å². The van der Waals surface area contributed by atoms with E-state index in [1.165, 1.54) is 13.0 Å². The molecule has 154 valence electrons. The minimum absolute atomic E-state index is 0.0207.